The molecule has 2 aliphatic rings. The minimum absolute atomic E-state index is 0.676. The number of anilines is 2. The van der Waals surface area contributed by atoms with Crippen molar-refractivity contribution in [2.75, 3.05) is 23.3 Å². The van der Waals surface area contributed by atoms with Gasteiger partial charge in [0.05, 0.1) is 0 Å². The van der Waals surface area contributed by atoms with Gasteiger partial charge in [-0.1, -0.05) is 13.0 Å². The van der Waals surface area contributed by atoms with E-state index in [2.05, 4.69) is 42.3 Å². The first-order valence-corrected chi connectivity index (χ1v) is 7.37. The Hall–Kier alpha value is -1.18. The van der Waals surface area contributed by atoms with Crippen LogP contribution in [0.15, 0.2) is 18.2 Å². The van der Waals surface area contributed by atoms with Crippen LogP contribution in [-0.2, 0) is 6.42 Å². The summed E-state index contributed by atoms with van der Waals surface area (Å²) in [5, 5.41) is 3.54. The fourth-order valence-corrected chi connectivity index (χ4v) is 3.42. The van der Waals surface area contributed by atoms with Crippen molar-refractivity contribution in [1.82, 2.24) is 0 Å². The van der Waals surface area contributed by atoms with Gasteiger partial charge in [-0.25, -0.2) is 0 Å². The maximum atomic E-state index is 3.54. The van der Waals surface area contributed by atoms with E-state index in [0.29, 0.717) is 6.04 Å². The molecule has 0 aliphatic carbocycles. The molecule has 2 heterocycles. The highest BCUT2D eigenvalue weighted by molar-refractivity contribution is 5.63. The predicted molar refractivity (Wildman–Crippen MR) is 78.5 cm³/mol. The van der Waals surface area contributed by atoms with E-state index in [-0.39, 0.29) is 0 Å². The molecule has 1 fully saturated rings. The first kappa shape index (κ1) is 11.9. The number of hydrogen-bond donors (Lipinski definition) is 1. The van der Waals surface area contributed by atoms with Gasteiger partial charge in [-0.2, -0.15) is 0 Å². The molecule has 3 rings (SSSR count). The Morgan fingerprint density at radius 1 is 1.28 bits per heavy atom. The van der Waals surface area contributed by atoms with Crippen molar-refractivity contribution >= 4 is 11.4 Å². The SMILES string of the molecule is CC1CCN(c2ccc3c(c2)NCCC3)C(C)C1. The quantitative estimate of drug-likeness (QED) is 0.811. The number of rotatable bonds is 1. The minimum atomic E-state index is 0.676. The molecule has 1 saturated heterocycles. The maximum absolute atomic E-state index is 3.54. The van der Waals surface area contributed by atoms with E-state index in [1.165, 1.54) is 49.2 Å². The summed E-state index contributed by atoms with van der Waals surface area (Å²) in [5.41, 5.74) is 4.26. The molecule has 2 atom stereocenters. The molecule has 0 radical (unpaired) electrons. The van der Waals surface area contributed by atoms with Gasteiger partial charge in [0.2, 0.25) is 0 Å². The summed E-state index contributed by atoms with van der Waals surface area (Å²) in [6, 6.07) is 7.68. The van der Waals surface area contributed by atoms with Crippen molar-refractivity contribution in [3.05, 3.63) is 23.8 Å². The summed E-state index contributed by atoms with van der Waals surface area (Å²) >= 11 is 0. The summed E-state index contributed by atoms with van der Waals surface area (Å²) in [7, 11) is 0. The van der Waals surface area contributed by atoms with Gasteiger partial charge >= 0.3 is 0 Å². The van der Waals surface area contributed by atoms with E-state index in [1.54, 1.807) is 0 Å². The van der Waals surface area contributed by atoms with Crippen LogP contribution in [0.4, 0.5) is 11.4 Å². The Kier molecular flexibility index (Phi) is 3.19. The second kappa shape index (κ2) is 4.83. The predicted octanol–water partition coefficient (Wildman–Crippen LogP) is 3.67. The zero-order chi connectivity index (χ0) is 12.5. The van der Waals surface area contributed by atoms with Gasteiger partial charge in [-0.05, 0) is 56.2 Å². The van der Waals surface area contributed by atoms with Crippen LogP contribution in [-0.4, -0.2) is 19.1 Å². The molecule has 2 aliphatic heterocycles. The van der Waals surface area contributed by atoms with E-state index in [9.17, 15) is 0 Å². The van der Waals surface area contributed by atoms with Crippen molar-refractivity contribution in [3.8, 4) is 0 Å². The van der Waals surface area contributed by atoms with Crippen LogP contribution >= 0.6 is 0 Å². The lowest BCUT2D eigenvalue weighted by Crippen LogP contribution is -2.40. The molecule has 1 aromatic rings. The zero-order valence-corrected chi connectivity index (χ0v) is 11.6. The Morgan fingerprint density at radius 3 is 3.00 bits per heavy atom. The first-order valence-electron chi connectivity index (χ1n) is 7.37. The summed E-state index contributed by atoms with van der Waals surface area (Å²) in [6.07, 6.45) is 5.15. The Bertz CT molecular complexity index is 427. The summed E-state index contributed by atoms with van der Waals surface area (Å²) in [6.45, 7) is 7.08. The molecule has 0 bridgehead atoms. The third-order valence-electron chi connectivity index (χ3n) is 4.50. The smallest absolute Gasteiger partial charge is 0.0393 e. The topological polar surface area (TPSA) is 15.3 Å². The van der Waals surface area contributed by atoms with E-state index >= 15 is 0 Å². The molecule has 0 spiro atoms. The molecule has 0 aromatic heterocycles. The summed E-state index contributed by atoms with van der Waals surface area (Å²) in [5.74, 6) is 0.881. The molecule has 2 unspecified atom stereocenters. The highest BCUT2D eigenvalue weighted by Crippen LogP contribution is 2.32. The average Bonchev–Trinajstić information content (AvgIpc) is 2.38. The minimum Gasteiger partial charge on any atom is -0.385 e. The van der Waals surface area contributed by atoms with Crippen LogP contribution < -0.4 is 10.2 Å². The molecule has 18 heavy (non-hydrogen) atoms. The van der Waals surface area contributed by atoms with Crippen LogP contribution in [0, 0.1) is 5.92 Å². The van der Waals surface area contributed by atoms with Crippen molar-refractivity contribution in [3.63, 3.8) is 0 Å². The average molecular weight is 244 g/mol. The van der Waals surface area contributed by atoms with E-state index in [1.807, 2.05) is 0 Å². The van der Waals surface area contributed by atoms with Gasteiger partial charge in [0, 0.05) is 30.5 Å². The summed E-state index contributed by atoms with van der Waals surface area (Å²) in [4.78, 5) is 2.58. The Balaban J connectivity index is 1.83. The molecule has 2 heteroatoms. The third-order valence-corrected chi connectivity index (χ3v) is 4.50. The van der Waals surface area contributed by atoms with Crippen LogP contribution in [0.2, 0.25) is 0 Å². The number of nitrogens with zero attached hydrogens (tertiary/aromatic N) is 1. The molecule has 1 aromatic carbocycles. The monoisotopic (exact) mass is 244 g/mol. The van der Waals surface area contributed by atoms with Gasteiger partial charge < -0.3 is 10.2 Å². The lowest BCUT2D eigenvalue weighted by Gasteiger charge is -2.38. The number of fused-ring (bicyclic) bond motifs is 1. The number of hydrogen-bond acceptors (Lipinski definition) is 2. The number of benzene rings is 1. The van der Waals surface area contributed by atoms with Gasteiger partial charge in [0.1, 0.15) is 0 Å². The second-order valence-corrected chi connectivity index (χ2v) is 6.04. The standard InChI is InChI=1S/C16H24N2/c1-12-7-9-18(13(2)10-12)15-6-5-14-4-3-8-17-16(14)11-15/h5-6,11-13,17H,3-4,7-10H2,1-2H3. The molecular weight excluding hydrogens is 220 g/mol. The normalized spacial score (nSPS) is 27.6. The van der Waals surface area contributed by atoms with E-state index in [4.69, 9.17) is 0 Å². The van der Waals surface area contributed by atoms with Crippen molar-refractivity contribution in [1.29, 1.82) is 0 Å². The fourth-order valence-electron chi connectivity index (χ4n) is 3.42. The van der Waals surface area contributed by atoms with Crippen LogP contribution in [0.5, 0.6) is 0 Å². The highest BCUT2D eigenvalue weighted by atomic mass is 15.2. The Morgan fingerprint density at radius 2 is 2.17 bits per heavy atom. The van der Waals surface area contributed by atoms with E-state index in [0.717, 1.165) is 12.5 Å². The zero-order valence-electron chi connectivity index (χ0n) is 11.6. The molecule has 98 valence electrons. The van der Waals surface area contributed by atoms with Gasteiger partial charge in [-0.3, -0.25) is 0 Å². The lowest BCUT2D eigenvalue weighted by atomic mass is 9.92. The van der Waals surface area contributed by atoms with Crippen LogP contribution in [0.3, 0.4) is 0 Å². The molecule has 2 nitrogen and oxygen atoms in total. The van der Waals surface area contributed by atoms with Gasteiger partial charge in [-0.15, -0.1) is 0 Å². The second-order valence-electron chi connectivity index (χ2n) is 6.04. The lowest BCUT2D eigenvalue weighted by molar-refractivity contribution is 0.378. The third kappa shape index (κ3) is 2.21. The molecule has 0 saturated carbocycles. The fraction of sp³-hybridized carbons (Fsp3) is 0.625. The largest absolute Gasteiger partial charge is 0.385 e. The van der Waals surface area contributed by atoms with Gasteiger partial charge in [0.15, 0.2) is 0 Å². The van der Waals surface area contributed by atoms with E-state index < -0.39 is 0 Å². The van der Waals surface area contributed by atoms with Crippen LogP contribution in [0.1, 0.15) is 38.7 Å². The van der Waals surface area contributed by atoms with Crippen molar-refractivity contribution < 1.29 is 0 Å². The molecule has 0 amide bonds. The molecule has 1 N–H and O–H groups in total. The Labute approximate surface area is 110 Å². The number of nitrogens with one attached hydrogen (secondary N) is 1. The molecular formula is C16H24N2. The van der Waals surface area contributed by atoms with Crippen molar-refractivity contribution in [2.45, 2.75) is 45.6 Å². The first-order chi connectivity index (χ1) is 8.74. The van der Waals surface area contributed by atoms with Crippen molar-refractivity contribution in [2.24, 2.45) is 5.92 Å². The number of aryl methyl sites for hydroxylation is 1. The maximum Gasteiger partial charge on any atom is 0.0393 e. The number of piperidine rings is 1. The highest BCUT2D eigenvalue weighted by Gasteiger charge is 2.23. The van der Waals surface area contributed by atoms with Crippen LogP contribution in [0.25, 0.3) is 0 Å². The summed E-state index contributed by atoms with van der Waals surface area (Å²) < 4.78 is 0. The van der Waals surface area contributed by atoms with Gasteiger partial charge in [0.25, 0.3) is 0 Å².